The molecule has 3 nitrogen and oxygen atoms in total. The number of aliphatic hydroxyl groups excluding tert-OH is 1. The molecule has 20 heavy (non-hydrogen) atoms. The third-order valence-corrected chi connectivity index (χ3v) is 4.46. The molecule has 0 saturated heterocycles. The van der Waals surface area contributed by atoms with E-state index < -0.39 is 11.7 Å². The normalized spacial score (nSPS) is 20.1. The predicted molar refractivity (Wildman–Crippen MR) is 80.0 cm³/mol. The van der Waals surface area contributed by atoms with E-state index in [0.29, 0.717) is 6.42 Å². The van der Waals surface area contributed by atoms with Gasteiger partial charge in [-0.2, -0.15) is 0 Å². The van der Waals surface area contributed by atoms with Crippen LogP contribution in [0.25, 0.3) is 0 Å². The molecule has 1 saturated carbocycles. The van der Waals surface area contributed by atoms with Crippen LogP contribution in [0.1, 0.15) is 50.5 Å². The van der Waals surface area contributed by atoms with Gasteiger partial charge in [0, 0.05) is 0 Å². The summed E-state index contributed by atoms with van der Waals surface area (Å²) in [5.41, 5.74) is 0.297. The van der Waals surface area contributed by atoms with E-state index in [0.717, 1.165) is 37.9 Å². The first-order valence-electron chi connectivity index (χ1n) is 7.67. The Morgan fingerprint density at radius 1 is 1.10 bits per heavy atom. The van der Waals surface area contributed by atoms with Gasteiger partial charge in [0.2, 0.25) is 0 Å². The van der Waals surface area contributed by atoms with Crippen molar-refractivity contribution in [3.63, 3.8) is 0 Å². The van der Waals surface area contributed by atoms with Crippen LogP contribution in [-0.4, -0.2) is 29.0 Å². The van der Waals surface area contributed by atoms with E-state index in [2.05, 4.69) is 0 Å². The van der Waals surface area contributed by atoms with Crippen molar-refractivity contribution in [3.8, 4) is 5.75 Å². The van der Waals surface area contributed by atoms with Gasteiger partial charge in [0.25, 0.3) is 0 Å². The zero-order valence-corrected chi connectivity index (χ0v) is 12.3. The fourth-order valence-corrected chi connectivity index (χ4v) is 3.04. The highest BCUT2D eigenvalue weighted by atomic mass is 16.5. The molecule has 1 aliphatic rings. The zero-order chi connectivity index (χ0) is 14.4. The van der Waals surface area contributed by atoms with Crippen LogP contribution in [-0.2, 0) is 6.42 Å². The molecule has 0 heterocycles. The van der Waals surface area contributed by atoms with Crippen LogP contribution < -0.4 is 4.74 Å². The Morgan fingerprint density at radius 3 is 2.25 bits per heavy atom. The van der Waals surface area contributed by atoms with Gasteiger partial charge in [-0.25, -0.2) is 0 Å². The molecule has 0 radical (unpaired) electrons. The predicted octanol–water partition coefficient (Wildman–Crippen LogP) is 3.07. The van der Waals surface area contributed by atoms with Crippen LogP contribution in [0.2, 0.25) is 0 Å². The van der Waals surface area contributed by atoms with Gasteiger partial charge in [-0.05, 0) is 43.4 Å². The van der Waals surface area contributed by atoms with Gasteiger partial charge in [0.05, 0.1) is 18.8 Å². The maximum absolute atomic E-state index is 10.6. The molecule has 0 aromatic heterocycles. The van der Waals surface area contributed by atoms with Gasteiger partial charge in [-0.1, -0.05) is 37.8 Å². The molecule has 1 aliphatic carbocycles. The molecule has 1 aromatic carbocycles. The van der Waals surface area contributed by atoms with Gasteiger partial charge < -0.3 is 14.9 Å². The second-order valence-corrected chi connectivity index (χ2v) is 5.92. The van der Waals surface area contributed by atoms with Gasteiger partial charge in [-0.15, -0.1) is 0 Å². The summed E-state index contributed by atoms with van der Waals surface area (Å²) in [6.45, 7) is 0. The molecule has 0 amide bonds. The van der Waals surface area contributed by atoms with Crippen LogP contribution in [0.3, 0.4) is 0 Å². The van der Waals surface area contributed by atoms with Crippen molar-refractivity contribution < 1.29 is 14.9 Å². The second-order valence-electron chi connectivity index (χ2n) is 5.92. The van der Waals surface area contributed by atoms with Crippen LogP contribution in [0.4, 0.5) is 0 Å². The summed E-state index contributed by atoms with van der Waals surface area (Å²) < 4.78 is 5.13. The summed E-state index contributed by atoms with van der Waals surface area (Å²) in [6, 6.07) is 7.90. The molecule has 1 atom stereocenters. The summed E-state index contributed by atoms with van der Waals surface area (Å²) in [6.07, 6.45) is 6.64. The van der Waals surface area contributed by atoms with E-state index in [1.54, 1.807) is 7.11 Å². The van der Waals surface area contributed by atoms with Crippen LogP contribution in [0.15, 0.2) is 24.3 Å². The molecule has 0 bridgehead atoms. The lowest BCUT2D eigenvalue weighted by Crippen LogP contribution is -2.42. The van der Waals surface area contributed by atoms with Gasteiger partial charge >= 0.3 is 0 Å². The van der Waals surface area contributed by atoms with Crippen molar-refractivity contribution in [3.05, 3.63) is 29.8 Å². The molecule has 0 spiro atoms. The van der Waals surface area contributed by atoms with E-state index in [-0.39, 0.29) is 0 Å². The Morgan fingerprint density at radius 2 is 1.70 bits per heavy atom. The first-order valence-corrected chi connectivity index (χ1v) is 7.67. The molecule has 2 N–H and O–H groups in total. The minimum Gasteiger partial charge on any atom is -0.497 e. The van der Waals surface area contributed by atoms with Crippen molar-refractivity contribution in [2.75, 3.05) is 7.11 Å². The number of hydrogen-bond donors (Lipinski definition) is 2. The average Bonchev–Trinajstić information content (AvgIpc) is 2.71. The Hall–Kier alpha value is -1.06. The molecule has 2 rings (SSSR count). The summed E-state index contributed by atoms with van der Waals surface area (Å²) >= 11 is 0. The van der Waals surface area contributed by atoms with E-state index in [1.165, 1.54) is 18.4 Å². The van der Waals surface area contributed by atoms with Crippen LogP contribution in [0, 0.1) is 0 Å². The van der Waals surface area contributed by atoms with Crippen molar-refractivity contribution in [2.45, 2.75) is 63.1 Å². The first-order chi connectivity index (χ1) is 9.64. The molecular weight excluding hydrogens is 252 g/mol. The molecular formula is C17H26O3. The number of rotatable bonds is 5. The lowest BCUT2D eigenvalue weighted by Gasteiger charge is -2.32. The van der Waals surface area contributed by atoms with Crippen molar-refractivity contribution in [2.24, 2.45) is 0 Å². The van der Waals surface area contributed by atoms with E-state index in [9.17, 15) is 10.2 Å². The highest BCUT2D eigenvalue weighted by Gasteiger charge is 2.35. The fraction of sp³-hybridized carbons (Fsp3) is 0.647. The zero-order valence-electron chi connectivity index (χ0n) is 12.3. The number of aryl methyl sites for hydroxylation is 1. The molecule has 1 aromatic rings. The summed E-state index contributed by atoms with van der Waals surface area (Å²) in [7, 11) is 1.65. The average molecular weight is 278 g/mol. The Labute approximate surface area is 121 Å². The Bertz CT molecular complexity index is 391. The fourth-order valence-electron chi connectivity index (χ4n) is 3.04. The van der Waals surface area contributed by atoms with Gasteiger partial charge in [-0.3, -0.25) is 0 Å². The quantitative estimate of drug-likeness (QED) is 0.814. The lowest BCUT2D eigenvalue weighted by molar-refractivity contribution is -0.0870. The maximum Gasteiger partial charge on any atom is 0.118 e. The highest BCUT2D eigenvalue weighted by molar-refractivity contribution is 5.27. The lowest BCUT2D eigenvalue weighted by atomic mass is 9.85. The molecule has 3 heteroatoms. The minimum atomic E-state index is -0.872. The van der Waals surface area contributed by atoms with Gasteiger partial charge in [0.15, 0.2) is 0 Å². The Kier molecular flexibility index (Phi) is 5.44. The maximum atomic E-state index is 10.6. The first kappa shape index (κ1) is 15.3. The molecule has 0 aliphatic heterocycles. The third-order valence-electron chi connectivity index (χ3n) is 4.46. The van der Waals surface area contributed by atoms with Crippen molar-refractivity contribution in [1.29, 1.82) is 0 Å². The SMILES string of the molecule is COc1ccc(CCC(O)C2(O)CCCCCC2)cc1. The second kappa shape index (κ2) is 7.09. The smallest absolute Gasteiger partial charge is 0.118 e. The Balaban J connectivity index is 1.88. The van der Waals surface area contributed by atoms with E-state index >= 15 is 0 Å². The van der Waals surface area contributed by atoms with E-state index in [1.807, 2.05) is 24.3 Å². The van der Waals surface area contributed by atoms with Crippen LogP contribution >= 0.6 is 0 Å². The number of ether oxygens (including phenoxy) is 1. The van der Waals surface area contributed by atoms with Crippen LogP contribution in [0.5, 0.6) is 5.75 Å². The molecule has 112 valence electrons. The summed E-state index contributed by atoms with van der Waals surface area (Å²) in [5.74, 6) is 0.844. The number of benzene rings is 1. The number of aliphatic hydroxyl groups is 2. The third kappa shape index (κ3) is 3.97. The van der Waals surface area contributed by atoms with Gasteiger partial charge in [0.1, 0.15) is 5.75 Å². The molecule has 1 unspecified atom stereocenters. The highest BCUT2D eigenvalue weighted by Crippen LogP contribution is 2.31. The largest absolute Gasteiger partial charge is 0.497 e. The van der Waals surface area contributed by atoms with Crippen molar-refractivity contribution >= 4 is 0 Å². The monoisotopic (exact) mass is 278 g/mol. The number of hydrogen-bond acceptors (Lipinski definition) is 3. The summed E-state index contributed by atoms with van der Waals surface area (Å²) in [4.78, 5) is 0. The summed E-state index contributed by atoms with van der Waals surface area (Å²) in [5, 5.41) is 21.0. The van der Waals surface area contributed by atoms with Crippen molar-refractivity contribution in [1.82, 2.24) is 0 Å². The molecule has 1 fully saturated rings. The van der Waals surface area contributed by atoms with E-state index in [4.69, 9.17) is 4.74 Å². The topological polar surface area (TPSA) is 49.7 Å². The standard InChI is InChI=1S/C17H26O3/c1-20-15-9-6-14(7-10-15)8-11-16(18)17(19)12-4-2-3-5-13-17/h6-7,9-10,16,18-19H,2-5,8,11-13H2,1H3. The minimum absolute atomic E-state index is 0.614. The number of methoxy groups -OCH3 is 1.